The zero-order valence-electron chi connectivity index (χ0n) is 13.6. The molecular formula is C21H19NO2. The van der Waals surface area contributed by atoms with Crippen LogP contribution in [0.4, 0.5) is 0 Å². The Balaban J connectivity index is 1.62. The molecule has 4 rings (SSSR count). The number of hydrogen-bond acceptors (Lipinski definition) is 2. The van der Waals surface area contributed by atoms with Gasteiger partial charge in [0.25, 0.3) is 0 Å². The number of aromatic nitrogens is 1. The van der Waals surface area contributed by atoms with Crippen LogP contribution in [0.2, 0.25) is 0 Å². The Morgan fingerprint density at radius 3 is 2.46 bits per heavy atom. The number of esters is 1. The highest BCUT2D eigenvalue weighted by molar-refractivity contribution is 5.88. The highest BCUT2D eigenvalue weighted by atomic mass is 16.5. The molecule has 0 radical (unpaired) electrons. The number of nitrogens with one attached hydrogen (secondary N) is 1. The van der Waals surface area contributed by atoms with Gasteiger partial charge in [-0.05, 0) is 41.2 Å². The van der Waals surface area contributed by atoms with Crippen molar-refractivity contribution in [2.75, 3.05) is 7.11 Å². The SMILES string of the molecule is COC(=O)c1cc2c([nH]1)CCC2c1ccc(-c2ccccc2)cc1. The molecule has 1 heterocycles. The van der Waals surface area contributed by atoms with Gasteiger partial charge in [-0.1, -0.05) is 54.6 Å². The predicted octanol–water partition coefficient (Wildman–Crippen LogP) is 4.55. The molecule has 1 N–H and O–H groups in total. The number of rotatable bonds is 3. The molecule has 24 heavy (non-hydrogen) atoms. The van der Waals surface area contributed by atoms with Crippen LogP contribution in [-0.4, -0.2) is 18.1 Å². The molecule has 0 fully saturated rings. The van der Waals surface area contributed by atoms with Crippen LogP contribution < -0.4 is 0 Å². The lowest BCUT2D eigenvalue weighted by atomic mass is 9.92. The zero-order chi connectivity index (χ0) is 16.5. The summed E-state index contributed by atoms with van der Waals surface area (Å²) in [6.07, 6.45) is 2.05. The summed E-state index contributed by atoms with van der Waals surface area (Å²) < 4.78 is 4.81. The van der Waals surface area contributed by atoms with Gasteiger partial charge in [0.15, 0.2) is 0 Å². The van der Waals surface area contributed by atoms with Crippen molar-refractivity contribution < 1.29 is 9.53 Å². The minimum absolute atomic E-state index is 0.303. The van der Waals surface area contributed by atoms with Crippen molar-refractivity contribution >= 4 is 5.97 Å². The molecule has 0 aliphatic heterocycles. The van der Waals surface area contributed by atoms with Crippen LogP contribution in [0.15, 0.2) is 60.7 Å². The summed E-state index contributed by atoms with van der Waals surface area (Å²) in [4.78, 5) is 14.9. The highest BCUT2D eigenvalue weighted by Gasteiger charge is 2.27. The van der Waals surface area contributed by atoms with E-state index in [2.05, 4.69) is 53.5 Å². The average Bonchev–Trinajstić information content (AvgIpc) is 3.22. The van der Waals surface area contributed by atoms with Gasteiger partial charge >= 0.3 is 5.97 Å². The number of ether oxygens (including phenoxy) is 1. The van der Waals surface area contributed by atoms with Gasteiger partial charge < -0.3 is 9.72 Å². The number of aromatic amines is 1. The number of benzene rings is 2. The molecule has 120 valence electrons. The lowest BCUT2D eigenvalue weighted by molar-refractivity contribution is 0.0594. The second-order valence-electron chi connectivity index (χ2n) is 6.19. The first-order chi connectivity index (χ1) is 11.8. The van der Waals surface area contributed by atoms with Crippen molar-refractivity contribution in [3.8, 4) is 11.1 Å². The van der Waals surface area contributed by atoms with Gasteiger partial charge in [-0.25, -0.2) is 4.79 Å². The van der Waals surface area contributed by atoms with Crippen LogP contribution >= 0.6 is 0 Å². The van der Waals surface area contributed by atoms with E-state index in [1.54, 1.807) is 0 Å². The lowest BCUT2D eigenvalue weighted by Crippen LogP contribution is -2.02. The third-order valence-electron chi connectivity index (χ3n) is 4.82. The molecule has 3 aromatic rings. The van der Waals surface area contributed by atoms with E-state index in [0.717, 1.165) is 18.5 Å². The van der Waals surface area contributed by atoms with Crippen LogP contribution in [0.1, 0.15) is 39.6 Å². The fourth-order valence-electron chi connectivity index (χ4n) is 3.58. The molecule has 1 aromatic heterocycles. The molecule has 1 unspecified atom stereocenters. The van der Waals surface area contributed by atoms with Gasteiger partial charge in [0.2, 0.25) is 0 Å². The summed E-state index contributed by atoms with van der Waals surface area (Å²) in [5, 5.41) is 0. The molecule has 3 nitrogen and oxygen atoms in total. The number of H-pyrrole nitrogens is 1. The number of carbonyl (C=O) groups is 1. The summed E-state index contributed by atoms with van der Waals surface area (Å²) in [6.45, 7) is 0. The Labute approximate surface area is 141 Å². The number of carbonyl (C=O) groups excluding carboxylic acids is 1. The predicted molar refractivity (Wildman–Crippen MR) is 94.2 cm³/mol. The number of hydrogen-bond donors (Lipinski definition) is 1. The van der Waals surface area contributed by atoms with E-state index in [0.29, 0.717) is 11.6 Å². The first kappa shape index (κ1) is 14.8. The molecule has 0 spiro atoms. The van der Waals surface area contributed by atoms with Gasteiger partial charge in [-0.3, -0.25) is 0 Å². The van der Waals surface area contributed by atoms with Gasteiger partial charge in [0.1, 0.15) is 5.69 Å². The van der Waals surface area contributed by atoms with Gasteiger partial charge in [0, 0.05) is 11.6 Å². The third kappa shape index (κ3) is 2.52. The van der Waals surface area contributed by atoms with Crippen molar-refractivity contribution in [3.63, 3.8) is 0 Å². The third-order valence-corrected chi connectivity index (χ3v) is 4.82. The number of aryl methyl sites for hydroxylation is 1. The first-order valence-electron chi connectivity index (χ1n) is 8.22. The van der Waals surface area contributed by atoms with E-state index >= 15 is 0 Å². The minimum atomic E-state index is -0.303. The number of fused-ring (bicyclic) bond motifs is 1. The fourth-order valence-corrected chi connectivity index (χ4v) is 3.58. The largest absolute Gasteiger partial charge is 0.464 e. The Bertz CT molecular complexity index is 863. The molecule has 0 bridgehead atoms. The Morgan fingerprint density at radius 2 is 1.75 bits per heavy atom. The van der Waals surface area contributed by atoms with Crippen LogP contribution in [0.5, 0.6) is 0 Å². The average molecular weight is 317 g/mol. The van der Waals surface area contributed by atoms with Crippen molar-refractivity contribution in [2.24, 2.45) is 0 Å². The van der Waals surface area contributed by atoms with E-state index in [1.165, 1.54) is 29.4 Å². The summed E-state index contributed by atoms with van der Waals surface area (Å²) in [6, 6.07) is 21.1. The van der Waals surface area contributed by atoms with E-state index in [1.807, 2.05) is 12.1 Å². The molecule has 0 amide bonds. The summed E-state index contributed by atoms with van der Waals surface area (Å²) >= 11 is 0. The summed E-state index contributed by atoms with van der Waals surface area (Å²) in [7, 11) is 1.41. The van der Waals surface area contributed by atoms with Gasteiger partial charge in [-0.15, -0.1) is 0 Å². The smallest absolute Gasteiger partial charge is 0.354 e. The Kier molecular flexibility index (Phi) is 3.69. The molecule has 1 aliphatic rings. The van der Waals surface area contributed by atoms with Gasteiger partial charge in [0.05, 0.1) is 7.11 Å². The highest BCUT2D eigenvalue weighted by Crippen LogP contribution is 2.39. The van der Waals surface area contributed by atoms with E-state index in [-0.39, 0.29) is 5.97 Å². The van der Waals surface area contributed by atoms with E-state index in [4.69, 9.17) is 4.74 Å². The minimum Gasteiger partial charge on any atom is -0.464 e. The maximum atomic E-state index is 11.7. The van der Waals surface area contributed by atoms with Crippen molar-refractivity contribution in [3.05, 3.63) is 83.2 Å². The summed E-state index contributed by atoms with van der Waals surface area (Å²) in [5.41, 5.74) is 6.68. The maximum absolute atomic E-state index is 11.7. The lowest BCUT2D eigenvalue weighted by Gasteiger charge is -2.11. The van der Waals surface area contributed by atoms with Crippen molar-refractivity contribution in [2.45, 2.75) is 18.8 Å². The maximum Gasteiger partial charge on any atom is 0.354 e. The van der Waals surface area contributed by atoms with Gasteiger partial charge in [-0.2, -0.15) is 0 Å². The second kappa shape index (κ2) is 6.00. The molecule has 0 saturated carbocycles. The van der Waals surface area contributed by atoms with Crippen LogP contribution in [0, 0.1) is 0 Å². The fraction of sp³-hybridized carbons (Fsp3) is 0.190. The van der Waals surface area contributed by atoms with E-state index in [9.17, 15) is 4.79 Å². The van der Waals surface area contributed by atoms with Crippen LogP contribution in [0.25, 0.3) is 11.1 Å². The standard InChI is InChI=1S/C21H19NO2/c1-24-21(23)20-13-18-17(11-12-19(18)22-20)16-9-7-15(8-10-16)14-5-3-2-4-6-14/h2-10,13,17,22H,11-12H2,1H3. The number of methoxy groups -OCH3 is 1. The Hall–Kier alpha value is -2.81. The molecule has 1 atom stereocenters. The first-order valence-corrected chi connectivity index (χ1v) is 8.22. The summed E-state index contributed by atoms with van der Waals surface area (Å²) in [5.74, 6) is 0.0436. The Morgan fingerprint density at radius 1 is 1.04 bits per heavy atom. The molecule has 2 aromatic carbocycles. The molecule has 3 heteroatoms. The van der Waals surface area contributed by atoms with Crippen LogP contribution in [0.3, 0.4) is 0 Å². The zero-order valence-corrected chi connectivity index (χ0v) is 13.6. The molecular weight excluding hydrogens is 298 g/mol. The second-order valence-corrected chi connectivity index (χ2v) is 6.19. The quantitative estimate of drug-likeness (QED) is 0.720. The monoisotopic (exact) mass is 317 g/mol. The molecule has 0 saturated heterocycles. The normalized spacial score (nSPS) is 16.0. The van der Waals surface area contributed by atoms with Crippen LogP contribution in [-0.2, 0) is 11.2 Å². The van der Waals surface area contributed by atoms with E-state index < -0.39 is 0 Å². The topological polar surface area (TPSA) is 42.1 Å². The van der Waals surface area contributed by atoms with Crippen molar-refractivity contribution in [1.29, 1.82) is 0 Å². The van der Waals surface area contributed by atoms with Crippen molar-refractivity contribution in [1.82, 2.24) is 4.98 Å². The molecule has 1 aliphatic carbocycles.